The number of nitrogens with zero attached hydrogens (tertiary/aromatic N) is 4. The molecular weight excluding hydrogens is 492 g/mol. The van der Waals surface area contributed by atoms with Crippen molar-refractivity contribution in [2.24, 2.45) is 35.6 Å². The molecule has 200 valence electrons. The van der Waals surface area contributed by atoms with Gasteiger partial charge in [-0.05, 0) is 66.5 Å². The van der Waals surface area contributed by atoms with Crippen LogP contribution in [0, 0.1) is 28.6 Å². The first-order valence-corrected chi connectivity index (χ1v) is 14.5. The third kappa shape index (κ3) is 3.51. The third-order valence-electron chi connectivity index (χ3n) is 10.1. The first-order valence-electron chi connectivity index (χ1n) is 13.5. The van der Waals surface area contributed by atoms with Crippen LogP contribution in [0.1, 0.15) is 59.3 Å². The van der Waals surface area contributed by atoms with Crippen LogP contribution in [0.25, 0.3) is 0 Å². The topological polar surface area (TPSA) is 116 Å². The highest BCUT2D eigenvalue weighted by Crippen LogP contribution is 2.69. The Kier molecular flexibility index (Phi) is 6.06. The first-order chi connectivity index (χ1) is 17.6. The van der Waals surface area contributed by atoms with Gasteiger partial charge in [0, 0.05) is 23.8 Å². The minimum absolute atomic E-state index is 0.00793. The number of hydrogen-bond acceptors (Lipinski definition) is 9. The van der Waals surface area contributed by atoms with Crippen molar-refractivity contribution in [2.45, 2.75) is 88.6 Å². The molecule has 1 saturated heterocycles. The van der Waals surface area contributed by atoms with E-state index in [2.05, 4.69) is 36.3 Å². The van der Waals surface area contributed by atoms with Crippen LogP contribution in [0.4, 0.5) is 0 Å². The SMILES string of the molecule is CCC[C@@H]1O[C@@H]2CC3C4CCC5=CC(=O)C=CC5(C)C4[C@@H](O)CC3(C)[C@]2(C(=O)CSc2nnnn2C)O1. The first kappa shape index (κ1) is 25.4. The summed E-state index contributed by atoms with van der Waals surface area (Å²) >= 11 is 1.31. The van der Waals surface area contributed by atoms with Gasteiger partial charge in [-0.25, -0.2) is 4.68 Å². The van der Waals surface area contributed by atoms with Gasteiger partial charge in [0.15, 0.2) is 23.5 Å². The Morgan fingerprint density at radius 2 is 2.16 bits per heavy atom. The number of aliphatic hydroxyl groups excluding tert-OH is 1. The third-order valence-corrected chi connectivity index (χ3v) is 11.2. The summed E-state index contributed by atoms with van der Waals surface area (Å²) in [6.07, 6.45) is 8.60. The second kappa shape index (κ2) is 8.83. The van der Waals surface area contributed by atoms with E-state index in [1.807, 2.05) is 6.08 Å². The summed E-state index contributed by atoms with van der Waals surface area (Å²) < 4.78 is 14.7. The van der Waals surface area contributed by atoms with Crippen molar-refractivity contribution in [3.05, 3.63) is 23.8 Å². The molecule has 0 spiro atoms. The summed E-state index contributed by atoms with van der Waals surface area (Å²) in [6, 6.07) is 0. The summed E-state index contributed by atoms with van der Waals surface area (Å²) in [6.45, 7) is 6.40. The highest BCUT2D eigenvalue weighted by molar-refractivity contribution is 7.99. The molecule has 0 bridgehead atoms. The Labute approximate surface area is 221 Å². The second-order valence-corrected chi connectivity index (χ2v) is 12.9. The number of hydrogen-bond donors (Lipinski definition) is 1. The predicted octanol–water partition coefficient (Wildman–Crippen LogP) is 3.04. The molecule has 3 saturated carbocycles. The molecule has 1 aliphatic heterocycles. The minimum Gasteiger partial charge on any atom is -0.393 e. The zero-order valence-electron chi connectivity index (χ0n) is 21.9. The smallest absolute Gasteiger partial charge is 0.209 e. The average molecular weight is 529 g/mol. The van der Waals surface area contributed by atoms with Crippen LogP contribution in [0.5, 0.6) is 0 Å². The number of ether oxygens (including phenoxy) is 2. The number of thioether (sulfide) groups is 1. The Bertz CT molecular complexity index is 1180. The number of aromatic nitrogens is 4. The summed E-state index contributed by atoms with van der Waals surface area (Å²) in [4.78, 5) is 26.3. The molecule has 9 atom stereocenters. The maximum absolute atomic E-state index is 14.2. The van der Waals surface area contributed by atoms with Crippen LogP contribution in [-0.2, 0) is 26.1 Å². The van der Waals surface area contributed by atoms with Crippen molar-refractivity contribution in [3.8, 4) is 0 Å². The molecular formula is C27H36N4O5S. The fourth-order valence-corrected chi connectivity index (χ4v) is 9.38. The van der Waals surface area contributed by atoms with E-state index in [4.69, 9.17) is 9.47 Å². The molecule has 4 aliphatic carbocycles. The lowest BCUT2D eigenvalue weighted by Crippen LogP contribution is -2.63. The number of carbonyl (C=O) groups is 2. The number of fused-ring (bicyclic) bond motifs is 7. The van der Waals surface area contributed by atoms with Gasteiger partial charge in [0.05, 0.1) is 18.0 Å². The lowest BCUT2D eigenvalue weighted by molar-refractivity contribution is -0.197. The number of tetrazole rings is 1. The summed E-state index contributed by atoms with van der Waals surface area (Å²) in [5.41, 5.74) is -0.912. The van der Waals surface area contributed by atoms with Crippen LogP contribution in [0.2, 0.25) is 0 Å². The highest BCUT2D eigenvalue weighted by atomic mass is 32.2. The van der Waals surface area contributed by atoms with Gasteiger partial charge in [-0.1, -0.05) is 50.6 Å². The number of rotatable bonds is 6. The summed E-state index contributed by atoms with van der Waals surface area (Å²) in [5.74, 6) is 0.562. The van der Waals surface area contributed by atoms with E-state index < -0.39 is 23.4 Å². The van der Waals surface area contributed by atoms with E-state index in [1.165, 1.54) is 11.8 Å². The Balaban J connectivity index is 1.36. The van der Waals surface area contributed by atoms with Crippen LogP contribution < -0.4 is 0 Å². The quantitative estimate of drug-likeness (QED) is 0.556. The van der Waals surface area contributed by atoms with Gasteiger partial charge < -0.3 is 14.6 Å². The molecule has 4 fully saturated rings. The summed E-state index contributed by atoms with van der Waals surface area (Å²) in [7, 11) is 1.75. The molecule has 0 amide bonds. The standard InChI is InChI=1S/C27H36N4O5S/c1-5-6-22-35-21-12-18-17-8-7-15-11-16(32)9-10-25(15,2)23(17)19(33)13-26(18,3)27(21,36-22)20(34)14-37-24-28-29-30-31(24)4/h9-11,17-19,21-23,33H,5-8,12-14H2,1-4H3/t17?,18?,19-,21+,22+,23?,25?,26?,27+/m0/s1. The van der Waals surface area contributed by atoms with Gasteiger partial charge in [-0.2, -0.15) is 0 Å². The maximum Gasteiger partial charge on any atom is 0.209 e. The Morgan fingerprint density at radius 3 is 2.89 bits per heavy atom. The lowest BCUT2D eigenvalue weighted by Gasteiger charge is -2.59. The molecule has 1 aromatic heterocycles. The number of aliphatic hydroxyl groups is 1. The second-order valence-electron chi connectivity index (χ2n) is 11.9. The van der Waals surface area contributed by atoms with Gasteiger partial charge in [-0.3, -0.25) is 9.59 Å². The molecule has 9 nitrogen and oxygen atoms in total. The normalized spacial score (nSPS) is 44.1. The monoisotopic (exact) mass is 528 g/mol. The molecule has 10 heteroatoms. The van der Waals surface area contributed by atoms with Crippen LogP contribution in [-0.4, -0.2) is 66.7 Å². The fraction of sp³-hybridized carbons (Fsp3) is 0.741. The Hall–Kier alpha value is -1.88. The molecule has 5 unspecified atom stereocenters. The molecule has 1 aromatic rings. The lowest BCUT2D eigenvalue weighted by atomic mass is 9.46. The van der Waals surface area contributed by atoms with E-state index in [-0.39, 0.29) is 46.6 Å². The van der Waals surface area contributed by atoms with E-state index >= 15 is 0 Å². The molecule has 6 rings (SSSR count). The van der Waals surface area contributed by atoms with Crippen molar-refractivity contribution in [2.75, 3.05) is 5.75 Å². The van der Waals surface area contributed by atoms with Gasteiger partial charge >= 0.3 is 0 Å². The van der Waals surface area contributed by atoms with Crippen molar-refractivity contribution < 1.29 is 24.2 Å². The molecule has 0 radical (unpaired) electrons. The number of aryl methyl sites for hydroxylation is 1. The zero-order valence-corrected chi connectivity index (χ0v) is 22.7. The van der Waals surface area contributed by atoms with Gasteiger partial charge in [-0.15, -0.1) is 5.10 Å². The van der Waals surface area contributed by atoms with Crippen molar-refractivity contribution in [1.29, 1.82) is 0 Å². The molecule has 5 aliphatic rings. The van der Waals surface area contributed by atoms with E-state index in [9.17, 15) is 14.7 Å². The number of carbonyl (C=O) groups excluding carboxylic acids is 2. The van der Waals surface area contributed by atoms with E-state index in [0.717, 1.165) is 37.7 Å². The molecule has 2 heterocycles. The predicted molar refractivity (Wildman–Crippen MR) is 135 cm³/mol. The largest absolute Gasteiger partial charge is 0.393 e. The van der Waals surface area contributed by atoms with Gasteiger partial charge in [0.25, 0.3) is 0 Å². The van der Waals surface area contributed by atoms with Crippen molar-refractivity contribution in [1.82, 2.24) is 20.2 Å². The average Bonchev–Trinajstić information content (AvgIpc) is 3.49. The minimum atomic E-state index is -1.11. The number of ketones is 2. The summed E-state index contributed by atoms with van der Waals surface area (Å²) in [5, 5.41) is 24.0. The molecule has 37 heavy (non-hydrogen) atoms. The fourth-order valence-electron chi connectivity index (χ4n) is 8.59. The highest BCUT2D eigenvalue weighted by Gasteiger charge is 2.75. The van der Waals surface area contributed by atoms with Gasteiger partial charge in [0.1, 0.15) is 0 Å². The molecule has 0 aromatic carbocycles. The van der Waals surface area contributed by atoms with Crippen molar-refractivity contribution >= 4 is 23.3 Å². The zero-order chi connectivity index (χ0) is 26.2. The van der Waals surface area contributed by atoms with Crippen LogP contribution >= 0.6 is 11.8 Å². The molecule has 1 N–H and O–H groups in total. The van der Waals surface area contributed by atoms with E-state index in [0.29, 0.717) is 11.6 Å². The number of allylic oxidation sites excluding steroid dienone is 4. The van der Waals surface area contributed by atoms with Crippen LogP contribution in [0.3, 0.4) is 0 Å². The number of Topliss-reactive ketones (excluding diaryl/α,β-unsaturated/α-hetero) is 1. The van der Waals surface area contributed by atoms with Gasteiger partial charge in [0.2, 0.25) is 5.16 Å². The van der Waals surface area contributed by atoms with Crippen LogP contribution in [0.15, 0.2) is 29.0 Å². The van der Waals surface area contributed by atoms with Crippen molar-refractivity contribution in [3.63, 3.8) is 0 Å². The van der Waals surface area contributed by atoms with E-state index in [1.54, 1.807) is 23.9 Å². The maximum atomic E-state index is 14.2. The Morgan fingerprint density at radius 1 is 1.35 bits per heavy atom.